The molecule has 0 aliphatic heterocycles. The van der Waals surface area contributed by atoms with Gasteiger partial charge in [0.2, 0.25) is 0 Å². The number of ketones is 1. The molecule has 1 heterocycles. The zero-order chi connectivity index (χ0) is 16.3. The van der Waals surface area contributed by atoms with E-state index in [1.54, 1.807) is 24.3 Å². The molecular formula is C15H13NO5S. The van der Waals surface area contributed by atoms with Crippen molar-refractivity contribution in [2.45, 2.75) is 6.92 Å². The van der Waals surface area contributed by atoms with Crippen LogP contribution in [0.1, 0.15) is 37.3 Å². The maximum absolute atomic E-state index is 12.0. The van der Waals surface area contributed by atoms with Gasteiger partial charge in [-0.25, -0.2) is 9.59 Å². The minimum absolute atomic E-state index is 0.00745. The molecular weight excluding hydrogens is 306 g/mol. The van der Waals surface area contributed by atoms with Gasteiger partial charge in [-0.1, -0.05) is 24.3 Å². The molecule has 0 aliphatic rings. The minimum Gasteiger partial charge on any atom is -0.465 e. The molecule has 2 aromatic rings. The number of aromatic nitrogens is 1. The molecule has 0 atom stereocenters. The van der Waals surface area contributed by atoms with Gasteiger partial charge < -0.3 is 9.47 Å². The molecule has 0 fully saturated rings. The van der Waals surface area contributed by atoms with E-state index in [9.17, 15) is 14.4 Å². The highest BCUT2D eigenvalue weighted by Gasteiger charge is 2.28. The quantitative estimate of drug-likeness (QED) is 0.636. The molecule has 7 heteroatoms. The van der Waals surface area contributed by atoms with Crippen LogP contribution in [0.5, 0.6) is 0 Å². The van der Waals surface area contributed by atoms with Crippen LogP contribution in [0.4, 0.5) is 0 Å². The van der Waals surface area contributed by atoms with Gasteiger partial charge in [-0.2, -0.15) is 4.37 Å². The molecule has 0 aliphatic carbocycles. The smallest absolute Gasteiger partial charge is 0.350 e. The van der Waals surface area contributed by atoms with Crippen LogP contribution in [-0.4, -0.2) is 36.3 Å². The number of benzene rings is 1. The van der Waals surface area contributed by atoms with Gasteiger partial charge in [-0.3, -0.25) is 4.79 Å². The van der Waals surface area contributed by atoms with Gasteiger partial charge in [0.1, 0.15) is 16.1 Å². The molecule has 0 unspecified atom stereocenters. The number of esters is 2. The van der Waals surface area contributed by atoms with Crippen LogP contribution in [-0.2, 0) is 9.47 Å². The summed E-state index contributed by atoms with van der Waals surface area (Å²) in [5, 5.41) is 0. The van der Waals surface area contributed by atoms with Crippen LogP contribution >= 0.6 is 11.5 Å². The van der Waals surface area contributed by atoms with E-state index < -0.39 is 11.9 Å². The second-order valence-electron chi connectivity index (χ2n) is 4.32. The van der Waals surface area contributed by atoms with E-state index in [1.807, 2.05) is 0 Å². The summed E-state index contributed by atoms with van der Waals surface area (Å²) >= 11 is 0.831. The van der Waals surface area contributed by atoms with Crippen LogP contribution in [0.25, 0.3) is 11.3 Å². The van der Waals surface area contributed by atoms with Crippen molar-refractivity contribution in [2.75, 3.05) is 14.2 Å². The van der Waals surface area contributed by atoms with Gasteiger partial charge in [0.25, 0.3) is 0 Å². The summed E-state index contributed by atoms with van der Waals surface area (Å²) in [6.45, 7) is 1.42. The van der Waals surface area contributed by atoms with Crippen molar-refractivity contribution in [3.05, 3.63) is 40.3 Å². The first-order chi connectivity index (χ1) is 10.5. The Kier molecular flexibility index (Phi) is 4.67. The van der Waals surface area contributed by atoms with Crippen LogP contribution in [0.2, 0.25) is 0 Å². The molecule has 0 bridgehead atoms. The van der Waals surface area contributed by atoms with Crippen LogP contribution in [0, 0.1) is 0 Å². The van der Waals surface area contributed by atoms with E-state index in [-0.39, 0.29) is 21.9 Å². The summed E-state index contributed by atoms with van der Waals surface area (Å²) in [5.74, 6) is -1.55. The third-order valence-electron chi connectivity index (χ3n) is 3.01. The Morgan fingerprint density at radius 1 is 1.05 bits per heavy atom. The first-order valence-corrected chi connectivity index (χ1v) is 7.05. The van der Waals surface area contributed by atoms with Crippen molar-refractivity contribution >= 4 is 29.3 Å². The van der Waals surface area contributed by atoms with Crippen molar-refractivity contribution in [3.8, 4) is 11.3 Å². The maximum Gasteiger partial charge on any atom is 0.350 e. The lowest BCUT2D eigenvalue weighted by atomic mass is 9.98. The van der Waals surface area contributed by atoms with Gasteiger partial charge in [0.15, 0.2) is 5.78 Å². The summed E-state index contributed by atoms with van der Waals surface area (Å²) < 4.78 is 13.5. The number of carbonyl (C=O) groups excluding carboxylic acids is 3. The number of nitrogens with zero attached hydrogens (tertiary/aromatic N) is 1. The Morgan fingerprint density at radius 2 is 1.68 bits per heavy atom. The molecule has 2 rings (SSSR count). The SMILES string of the molecule is COC(=O)c1snc(-c2ccccc2C(C)=O)c1C(=O)OC. The zero-order valence-corrected chi connectivity index (χ0v) is 13.0. The van der Waals surface area contributed by atoms with E-state index in [0.29, 0.717) is 11.1 Å². The fourth-order valence-electron chi connectivity index (χ4n) is 1.99. The fraction of sp³-hybridized carbons (Fsp3) is 0.200. The van der Waals surface area contributed by atoms with Crippen LogP contribution in [0.3, 0.4) is 0 Å². The third-order valence-corrected chi connectivity index (χ3v) is 3.84. The van der Waals surface area contributed by atoms with Crippen molar-refractivity contribution in [1.29, 1.82) is 0 Å². The molecule has 0 N–H and O–H groups in total. The van der Waals surface area contributed by atoms with Crippen molar-refractivity contribution < 1.29 is 23.9 Å². The number of methoxy groups -OCH3 is 2. The maximum atomic E-state index is 12.0. The highest BCUT2D eigenvalue weighted by molar-refractivity contribution is 7.08. The normalized spacial score (nSPS) is 10.1. The zero-order valence-electron chi connectivity index (χ0n) is 12.2. The van der Waals surface area contributed by atoms with E-state index >= 15 is 0 Å². The summed E-state index contributed by atoms with van der Waals surface area (Å²) in [5.41, 5.74) is 1.13. The fourth-order valence-corrected chi connectivity index (χ4v) is 2.80. The summed E-state index contributed by atoms with van der Waals surface area (Å²) in [6.07, 6.45) is 0. The van der Waals surface area contributed by atoms with Crippen molar-refractivity contribution in [3.63, 3.8) is 0 Å². The number of carbonyl (C=O) groups is 3. The number of ether oxygens (including phenoxy) is 2. The highest BCUT2D eigenvalue weighted by atomic mass is 32.1. The number of hydrogen-bond donors (Lipinski definition) is 0. The largest absolute Gasteiger partial charge is 0.465 e. The summed E-state index contributed by atoms with van der Waals surface area (Å²) in [4.78, 5) is 35.6. The number of Topliss-reactive ketones (excluding diaryl/α,β-unsaturated/α-hetero) is 1. The molecule has 1 aromatic heterocycles. The number of hydrogen-bond acceptors (Lipinski definition) is 7. The second kappa shape index (κ2) is 6.48. The lowest BCUT2D eigenvalue weighted by molar-refractivity contribution is 0.0560. The first-order valence-electron chi connectivity index (χ1n) is 6.27. The average Bonchev–Trinajstić information content (AvgIpc) is 2.98. The number of rotatable bonds is 4. The second-order valence-corrected chi connectivity index (χ2v) is 5.09. The molecule has 22 heavy (non-hydrogen) atoms. The standard InChI is InChI=1S/C15H13NO5S/c1-8(17)9-6-4-5-7-10(9)12-11(14(18)20-2)13(22-16-12)15(19)21-3/h4-7H,1-3H3. The predicted octanol–water partition coefficient (Wildman–Crippen LogP) is 2.59. The molecule has 0 amide bonds. The van der Waals surface area contributed by atoms with Gasteiger partial charge in [-0.15, -0.1) is 0 Å². The van der Waals surface area contributed by atoms with Gasteiger partial charge in [-0.05, 0) is 18.5 Å². The Labute approximate surface area is 130 Å². The first kappa shape index (κ1) is 15.8. The van der Waals surface area contributed by atoms with E-state index in [0.717, 1.165) is 11.5 Å². The Bertz CT molecular complexity index is 750. The summed E-state index contributed by atoms with van der Waals surface area (Å²) in [6, 6.07) is 6.74. The van der Waals surface area contributed by atoms with Crippen molar-refractivity contribution in [2.24, 2.45) is 0 Å². The lowest BCUT2D eigenvalue weighted by Gasteiger charge is -2.07. The van der Waals surface area contributed by atoms with E-state index in [1.165, 1.54) is 21.1 Å². The van der Waals surface area contributed by atoms with E-state index in [4.69, 9.17) is 4.74 Å². The molecule has 0 saturated heterocycles. The minimum atomic E-state index is -0.706. The van der Waals surface area contributed by atoms with Gasteiger partial charge in [0, 0.05) is 11.1 Å². The molecule has 1 aromatic carbocycles. The monoisotopic (exact) mass is 319 g/mol. The van der Waals surface area contributed by atoms with Gasteiger partial charge in [0.05, 0.1) is 14.2 Å². The predicted molar refractivity (Wildman–Crippen MR) is 80.2 cm³/mol. The Hall–Kier alpha value is -2.54. The molecule has 0 saturated carbocycles. The molecule has 0 radical (unpaired) electrons. The molecule has 114 valence electrons. The Morgan fingerprint density at radius 3 is 2.27 bits per heavy atom. The summed E-state index contributed by atoms with van der Waals surface area (Å²) in [7, 11) is 2.42. The highest BCUT2D eigenvalue weighted by Crippen LogP contribution is 2.32. The lowest BCUT2D eigenvalue weighted by Crippen LogP contribution is -2.10. The van der Waals surface area contributed by atoms with Crippen molar-refractivity contribution in [1.82, 2.24) is 4.37 Å². The average molecular weight is 319 g/mol. The third kappa shape index (κ3) is 2.75. The van der Waals surface area contributed by atoms with Gasteiger partial charge >= 0.3 is 11.9 Å². The topological polar surface area (TPSA) is 82.6 Å². The van der Waals surface area contributed by atoms with E-state index in [2.05, 4.69) is 9.11 Å². The molecule has 0 spiro atoms. The Balaban J connectivity index is 2.72. The van der Waals surface area contributed by atoms with Crippen LogP contribution in [0.15, 0.2) is 24.3 Å². The molecule has 6 nitrogen and oxygen atoms in total. The van der Waals surface area contributed by atoms with Crippen LogP contribution < -0.4 is 0 Å².